The Kier molecular flexibility index (Phi) is 4.67. The summed E-state index contributed by atoms with van der Waals surface area (Å²) in [7, 11) is 1.87. The van der Waals surface area contributed by atoms with Crippen LogP contribution in [0.25, 0.3) is 22.6 Å². The molecule has 0 fully saturated rings. The normalized spacial score (nSPS) is 10.4. The molecule has 0 aliphatic heterocycles. The Hall–Kier alpha value is -2.54. The van der Waals surface area contributed by atoms with Gasteiger partial charge in [0, 0.05) is 24.7 Å². The first-order chi connectivity index (χ1) is 10.1. The molecule has 0 saturated heterocycles. The number of halogens is 1. The number of hydrogen-bond acceptors (Lipinski definition) is 4. The summed E-state index contributed by atoms with van der Waals surface area (Å²) in [5.74, 6) is -0.806. The third kappa shape index (κ3) is 3.20. The second-order valence-electron chi connectivity index (χ2n) is 4.73. The Labute approximate surface area is 132 Å². The topological polar surface area (TPSA) is 84.8 Å². The molecule has 0 atom stereocenters. The van der Waals surface area contributed by atoms with E-state index >= 15 is 0 Å². The molecule has 3 aromatic heterocycles. The Morgan fingerprint density at radius 1 is 1.32 bits per heavy atom. The molecule has 3 heterocycles. The minimum Gasteiger partial charge on any atom is -1.00 e. The largest absolute Gasteiger partial charge is 1.00 e. The van der Waals surface area contributed by atoms with Crippen LogP contribution in [-0.4, -0.2) is 30.6 Å². The van der Waals surface area contributed by atoms with Crippen molar-refractivity contribution in [2.45, 2.75) is 13.0 Å². The molecule has 0 aromatic carbocycles. The van der Waals surface area contributed by atoms with Gasteiger partial charge in [-0.05, 0) is 0 Å². The average molecular weight is 320 g/mol. The molecule has 0 aliphatic rings. The summed E-state index contributed by atoms with van der Waals surface area (Å²) in [4.78, 5) is 23.5. The number of imidazole rings is 1. The molecule has 3 rings (SSSR count). The van der Waals surface area contributed by atoms with Crippen molar-refractivity contribution in [3.05, 3.63) is 37.1 Å². The maximum atomic E-state index is 10.6. The van der Waals surface area contributed by atoms with Crippen molar-refractivity contribution in [2.75, 3.05) is 0 Å². The number of aromatic nitrogens is 5. The van der Waals surface area contributed by atoms with Gasteiger partial charge in [-0.15, -0.1) is 0 Å². The Morgan fingerprint density at radius 3 is 2.73 bits per heavy atom. The van der Waals surface area contributed by atoms with Crippen LogP contribution < -0.4 is 17.0 Å². The SMILES string of the molecule is Cn1cnc2ncc(-c3cc[n+](CCC(=O)O)cc3)nc21.[Cl-]. The van der Waals surface area contributed by atoms with Gasteiger partial charge in [-0.2, -0.15) is 0 Å². The number of aryl methyl sites for hydroxylation is 2. The molecule has 0 amide bonds. The maximum absolute atomic E-state index is 10.6. The first-order valence-corrected chi connectivity index (χ1v) is 6.49. The van der Waals surface area contributed by atoms with Crippen molar-refractivity contribution in [1.82, 2.24) is 19.5 Å². The van der Waals surface area contributed by atoms with E-state index < -0.39 is 5.97 Å². The fourth-order valence-electron chi connectivity index (χ4n) is 2.04. The van der Waals surface area contributed by atoms with Crippen molar-refractivity contribution >= 4 is 17.3 Å². The van der Waals surface area contributed by atoms with Gasteiger partial charge in [-0.1, -0.05) is 0 Å². The number of carboxylic acid groups (broad SMARTS) is 1. The molecule has 3 aromatic rings. The highest BCUT2D eigenvalue weighted by molar-refractivity contribution is 5.70. The maximum Gasteiger partial charge on any atom is 0.309 e. The number of aliphatic carboxylic acids is 1. The number of fused-ring (bicyclic) bond motifs is 1. The molecule has 0 bridgehead atoms. The second-order valence-corrected chi connectivity index (χ2v) is 4.73. The minimum atomic E-state index is -0.806. The van der Waals surface area contributed by atoms with E-state index in [1.807, 2.05) is 40.7 Å². The van der Waals surface area contributed by atoms with E-state index in [0.29, 0.717) is 12.2 Å². The minimum absolute atomic E-state index is 0. The lowest BCUT2D eigenvalue weighted by Gasteiger charge is -2.01. The van der Waals surface area contributed by atoms with Crippen LogP contribution in [0.1, 0.15) is 6.42 Å². The highest BCUT2D eigenvalue weighted by Gasteiger charge is 2.09. The zero-order valence-electron chi connectivity index (χ0n) is 11.8. The Bertz CT molecular complexity index is 801. The van der Waals surface area contributed by atoms with Gasteiger partial charge in [-0.3, -0.25) is 4.79 Å². The van der Waals surface area contributed by atoms with Crippen molar-refractivity contribution in [3.63, 3.8) is 0 Å². The molecule has 0 spiro atoms. The van der Waals surface area contributed by atoms with Gasteiger partial charge in [0.15, 0.2) is 30.2 Å². The van der Waals surface area contributed by atoms with Crippen molar-refractivity contribution in [1.29, 1.82) is 0 Å². The van der Waals surface area contributed by atoms with Crippen LogP contribution in [-0.2, 0) is 18.4 Å². The number of rotatable bonds is 4. The number of nitrogens with zero attached hydrogens (tertiary/aromatic N) is 5. The van der Waals surface area contributed by atoms with Crippen LogP contribution in [0.4, 0.5) is 0 Å². The average Bonchev–Trinajstić information content (AvgIpc) is 2.87. The first-order valence-electron chi connectivity index (χ1n) is 6.49. The molecule has 7 nitrogen and oxygen atoms in total. The van der Waals surface area contributed by atoms with E-state index in [1.54, 1.807) is 12.5 Å². The van der Waals surface area contributed by atoms with E-state index in [4.69, 9.17) is 5.11 Å². The van der Waals surface area contributed by atoms with E-state index in [9.17, 15) is 4.79 Å². The van der Waals surface area contributed by atoms with Crippen molar-refractivity contribution < 1.29 is 26.9 Å². The van der Waals surface area contributed by atoms with E-state index in [2.05, 4.69) is 15.0 Å². The number of hydrogen-bond donors (Lipinski definition) is 1. The lowest BCUT2D eigenvalue weighted by molar-refractivity contribution is -0.695. The van der Waals surface area contributed by atoms with E-state index in [0.717, 1.165) is 16.9 Å². The summed E-state index contributed by atoms with van der Waals surface area (Å²) < 4.78 is 3.65. The molecular weight excluding hydrogens is 306 g/mol. The number of carboxylic acids is 1. The number of carbonyl (C=O) groups is 1. The predicted molar refractivity (Wildman–Crippen MR) is 74.2 cm³/mol. The summed E-state index contributed by atoms with van der Waals surface area (Å²) in [6.07, 6.45) is 7.15. The highest BCUT2D eigenvalue weighted by Crippen LogP contribution is 2.16. The molecule has 0 saturated carbocycles. The smallest absolute Gasteiger partial charge is 0.309 e. The zero-order chi connectivity index (χ0) is 14.8. The molecule has 114 valence electrons. The van der Waals surface area contributed by atoms with E-state index in [-0.39, 0.29) is 18.8 Å². The summed E-state index contributed by atoms with van der Waals surface area (Å²) in [5, 5.41) is 8.67. The molecule has 1 N–H and O–H groups in total. The van der Waals surface area contributed by atoms with Crippen LogP contribution in [0.3, 0.4) is 0 Å². The lowest BCUT2D eigenvalue weighted by atomic mass is 10.2. The summed E-state index contributed by atoms with van der Waals surface area (Å²) in [6.45, 7) is 0.446. The summed E-state index contributed by atoms with van der Waals surface area (Å²) >= 11 is 0. The van der Waals surface area contributed by atoms with Gasteiger partial charge in [0.05, 0.1) is 18.2 Å². The number of pyridine rings is 1. The fraction of sp³-hybridized carbons (Fsp3) is 0.214. The van der Waals surface area contributed by atoms with Crippen molar-refractivity contribution in [3.8, 4) is 11.3 Å². The Balaban J connectivity index is 0.00000176. The third-order valence-electron chi connectivity index (χ3n) is 3.19. The van der Waals surface area contributed by atoms with Crippen LogP contribution in [0.2, 0.25) is 0 Å². The lowest BCUT2D eigenvalue weighted by Crippen LogP contribution is -3.00. The summed E-state index contributed by atoms with van der Waals surface area (Å²) in [5.41, 5.74) is 3.04. The van der Waals surface area contributed by atoms with Gasteiger partial charge >= 0.3 is 5.97 Å². The van der Waals surface area contributed by atoms with Crippen LogP contribution >= 0.6 is 0 Å². The van der Waals surface area contributed by atoms with Gasteiger partial charge in [-0.25, -0.2) is 19.5 Å². The van der Waals surface area contributed by atoms with Crippen LogP contribution in [0.15, 0.2) is 37.1 Å². The standard InChI is InChI=1S/C14H13N5O2.ClH/c1-18-9-16-13-14(18)17-11(8-15-13)10-2-5-19(6-3-10)7-4-12(20)21;/h2-3,5-6,8-9H,4,7H2,1H3;1H. The second kappa shape index (κ2) is 6.48. The predicted octanol–water partition coefficient (Wildman–Crippen LogP) is -2.20. The molecular formula is C14H14ClN5O2. The molecule has 22 heavy (non-hydrogen) atoms. The van der Waals surface area contributed by atoms with Gasteiger partial charge < -0.3 is 22.1 Å². The highest BCUT2D eigenvalue weighted by atomic mass is 35.5. The van der Waals surface area contributed by atoms with Gasteiger partial charge in [0.2, 0.25) is 0 Å². The van der Waals surface area contributed by atoms with E-state index in [1.165, 1.54) is 0 Å². The van der Waals surface area contributed by atoms with Crippen LogP contribution in [0.5, 0.6) is 0 Å². The summed E-state index contributed by atoms with van der Waals surface area (Å²) in [6, 6.07) is 3.79. The fourth-order valence-corrected chi connectivity index (χ4v) is 2.04. The monoisotopic (exact) mass is 319 g/mol. The molecule has 0 radical (unpaired) electrons. The van der Waals surface area contributed by atoms with Gasteiger partial charge in [0.25, 0.3) is 0 Å². The Morgan fingerprint density at radius 2 is 2.05 bits per heavy atom. The zero-order valence-corrected chi connectivity index (χ0v) is 12.6. The first kappa shape index (κ1) is 15.8. The van der Waals surface area contributed by atoms with Crippen molar-refractivity contribution in [2.24, 2.45) is 7.05 Å². The third-order valence-corrected chi connectivity index (χ3v) is 3.19. The molecule has 0 aliphatic carbocycles. The molecule has 0 unspecified atom stereocenters. The molecule has 8 heteroatoms. The van der Waals surface area contributed by atoms with Crippen LogP contribution in [0, 0.1) is 0 Å². The quantitative estimate of drug-likeness (QED) is 0.552. The van der Waals surface area contributed by atoms with Gasteiger partial charge in [0.1, 0.15) is 6.42 Å².